The molecular weight excluding hydrogens is 412 g/mol. The SMILES string of the molecule is C(#Cc1cccc(C#Cc2ccc(-c3cccnc3)cc2)c1)c1ccc(-c2cccnc2)cc1. The van der Waals surface area contributed by atoms with Crippen LogP contribution >= 0.6 is 0 Å². The second-order valence-electron chi connectivity index (χ2n) is 7.72. The van der Waals surface area contributed by atoms with E-state index in [1.54, 1.807) is 12.4 Å². The van der Waals surface area contributed by atoms with E-state index in [0.29, 0.717) is 0 Å². The summed E-state index contributed by atoms with van der Waals surface area (Å²) < 4.78 is 0. The van der Waals surface area contributed by atoms with Gasteiger partial charge in [0.15, 0.2) is 0 Å². The largest absolute Gasteiger partial charge is 0.264 e. The molecule has 0 radical (unpaired) electrons. The van der Waals surface area contributed by atoms with Crippen molar-refractivity contribution in [3.63, 3.8) is 0 Å². The zero-order valence-corrected chi connectivity index (χ0v) is 18.4. The molecule has 0 unspecified atom stereocenters. The molecule has 5 rings (SSSR count). The van der Waals surface area contributed by atoms with Gasteiger partial charge in [-0.05, 0) is 76.9 Å². The molecule has 5 aromatic rings. The third kappa shape index (κ3) is 5.28. The predicted octanol–water partition coefficient (Wildman–Crippen LogP) is 6.61. The Morgan fingerprint density at radius 1 is 0.382 bits per heavy atom. The summed E-state index contributed by atoms with van der Waals surface area (Å²) in [6, 6.07) is 32.4. The van der Waals surface area contributed by atoms with Gasteiger partial charge < -0.3 is 0 Å². The van der Waals surface area contributed by atoms with Crippen LogP contribution in [0.3, 0.4) is 0 Å². The van der Waals surface area contributed by atoms with Crippen LogP contribution in [0.5, 0.6) is 0 Å². The zero-order valence-electron chi connectivity index (χ0n) is 18.4. The Hall–Kier alpha value is -4.92. The van der Waals surface area contributed by atoms with Gasteiger partial charge in [-0.1, -0.05) is 66.1 Å². The highest BCUT2D eigenvalue weighted by atomic mass is 14.6. The van der Waals surface area contributed by atoms with E-state index in [1.807, 2.05) is 73.1 Å². The normalized spacial score (nSPS) is 9.88. The van der Waals surface area contributed by atoms with Crippen molar-refractivity contribution < 1.29 is 0 Å². The van der Waals surface area contributed by atoms with E-state index in [4.69, 9.17) is 0 Å². The fraction of sp³-hybridized carbons (Fsp3) is 0. The number of nitrogens with zero attached hydrogens (tertiary/aromatic N) is 2. The Labute approximate surface area is 200 Å². The molecule has 34 heavy (non-hydrogen) atoms. The van der Waals surface area contributed by atoms with Gasteiger partial charge in [0.2, 0.25) is 0 Å². The average molecular weight is 433 g/mol. The molecule has 0 aliphatic heterocycles. The van der Waals surface area contributed by atoms with Crippen LogP contribution in [0.2, 0.25) is 0 Å². The molecule has 2 heteroatoms. The molecule has 3 aromatic carbocycles. The molecule has 0 fully saturated rings. The Morgan fingerprint density at radius 2 is 0.824 bits per heavy atom. The number of hydrogen-bond donors (Lipinski definition) is 0. The maximum Gasteiger partial charge on any atom is 0.0346 e. The Kier molecular flexibility index (Phi) is 6.24. The lowest BCUT2D eigenvalue weighted by Gasteiger charge is -2.00. The van der Waals surface area contributed by atoms with Crippen LogP contribution in [0.4, 0.5) is 0 Å². The molecule has 0 aliphatic carbocycles. The lowest BCUT2D eigenvalue weighted by molar-refractivity contribution is 1.33. The molecule has 0 amide bonds. The lowest BCUT2D eigenvalue weighted by Crippen LogP contribution is -1.82. The summed E-state index contributed by atoms with van der Waals surface area (Å²) in [7, 11) is 0. The van der Waals surface area contributed by atoms with E-state index < -0.39 is 0 Å². The second kappa shape index (κ2) is 10.1. The minimum atomic E-state index is 0.940. The van der Waals surface area contributed by atoms with Crippen molar-refractivity contribution in [2.45, 2.75) is 0 Å². The maximum absolute atomic E-state index is 4.18. The quantitative estimate of drug-likeness (QED) is 0.293. The third-order valence-corrected chi connectivity index (χ3v) is 5.32. The summed E-state index contributed by atoms with van der Waals surface area (Å²) >= 11 is 0. The van der Waals surface area contributed by atoms with Crippen LogP contribution in [-0.4, -0.2) is 9.97 Å². The smallest absolute Gasteiger partial charge is 0.0346 e. The summed E-state index contributed by atoms with van der Waals surface area (Å²) in [6.07, 6.45) is 7.29. The van der Waals surface area contributed by atoms with Gasteiger partial charge in [0, 0.05) is 47.0 Å². The van der Waals surface area contributed by atoms with Crippen LogP contribution in [-0.2, 0) is 0 Å². The van der Waals surface area contributed by atoms with Gasteiger partial charge in [0.1, 0.15) is 0 Å². The molecule has 158 valence electrons. The molecule has 0 N–H and O–H groups in total. The van der Waals surface area contributed by atoms with Gasteiger partial charge >= 0.3 is 0 Å². The first-order valence-corrected chi connectivity index (χ1v) is 11.0. The topological polar surface area (TPSA) is 25.8 Å². The molecule has 2 aromatic heterocycles. The lowest BCUT2D eigenvalue weighted by atomic mass is 10.1. The van der Waals surface area contributed by atoms with Crippen molar-refractivity contribution in [1.82, 2.24) is 9.97 Å². The molecule has 0 bridgehead atoms. The monoisotopic (exact) mass is 432 g/mol. The molecule has 2 heterocycles. The molecule has 0 atom stereocenters. The van der Waals surface area contributed by atoms with Crippen molar-refractivity contribution in [3.8, 4) is 45.9 Å². The van der Waals surface area contributed by atoms with Crippen molar-refractivity contribution in [3.05, 3.63) is 144 Å². The van der Waals surface area contributed by atoms with Crippen LogP contribution in [0.15, 0.2) is 122 Å². The average Bonchev–Trinajstić information content (AvgIpc) is 2.93. The van der Waals surface area contributed by atoms with Crippen LogP contribution < -0.4 is 0 Å². The highest BCUT2D eigenvalue weighted by molar-refractivity contribution is 5.64. The van der Waals surface area contributed by atoms with Crippen LogP contribution in [0.25, 0.3) is 22.3 Å². The minimum Gasteiger partial charge on any atom is -0.264 e. The highest BCUT2D eigenvalue weighted by Crippen LogP contribution is 2.19. The molecule has 0 saturated heterocycles. The molecular formula is C32H20N2. The van der Waals surface area contributed by atoms with Gasteiger partial charge in [-0.25, -0.2) is 0 Å². The molecule has 0 saturated carbocycles. The number of pyridine rings is 2. The van der Waals surface area contributed by atoms with E-state index in [1.165, 1.54) is 0 Å². The number of hydrogen-bond acceptors (Lipinski definition) is 2. The summed E-state index contributed by atoms with van der Waals surface area (Å²) in [6.45, 7) is 0. The highest BCUT2D eigenvalue weighted by Gasteiger charge is 1.98. The van der Waals surface area contributed by atoms with Crippen molar-refractivity contribution >= 4 is 0 Å². The van der Waals surface area contributed by atoms with Gasteiger partial charge in [-0.2, -0.15) is 0 Å². The van der Waals surface area contributed by atoms with Gasteiger partial charge in [-0.3, -0.25) is 9.97 Å². The number of benzene rings is 3. The van der Waals surface area contributed by atoms with Gasteiger partial charge in [0.25, 0.3) is 0 Å². The summed E-state index contributed by atoms with van der Waals surface area (Å²) in [5, 5.41) is 0. The molecule has 0 spiro atoms. The number of aromatic nitrogens is 2. The van der Waals surface area contributed by atoms with E-state index >= 15 is 0 Å². The van der Waals surface area contributed by atoms with Gasteiger partial charge in [0.05, 0.1) is 0 Å². The standard InChI is InChI=1S/C32H20N2/c1-4-27(10-8-25-12-16-29(17-13-25)31-6-2-20-33-23-31)22-28(5-1)11-9-26-14-18-30(19-15-26)32-7-3-21-34-24-32/h1-7,12-24H. The fourth-order valence-corrected chi connectivity index (χ4v) is 3.52. The van der Waals surface area contributed by atoms with Crippen molar-refractivity contribution in [1.29, 1.82) is 0 Å². The van der Waals surface area contributed by atoms with Gasteiger partial charge in [-0.15, -0.1) is 0 Å². The van der Waals surface area contributed by atoms with E-state index in [0.717, 1.165) is 44.5 Å². The third-order valence-electron chi connectivity index (χ3n) is 5.32. The van der Waals surface area contributed by atoms with Crippen LogP contribution in [0, 0.1) is 23.7 Å². The van der Waals surface area contributed by atoms with Crippen molar-refractivity contribution in [2.24, 2.45) is 0 Å². The minimum absolute atomic E-state index is 0.940. The Morgan fingerprint density at radius 3 is 1.24 bits per heavy atom. The molecule has 2 nitrogen and oxygen atoms in total. The fourth-order valence-electron chi connectivity index (χ4n) is 3.52. The zero-order chi connectivity index (χ0) is 23.0. The van der Waals surface area contributed by atoms with Crippen LogP contribution in [0.1, 0.15) is 22.3 Å². The summed E-state index contributed by atoms with van der Waals surface area (Å²) in [5.74, 6) is 13.0. The predicted molar refractivity (Wildman–Crippen MR) is 138 cm³/mol. The first-order chi connectivity index (χ1) is 16.8. The van der Waals surface area contributed by atoms with E-state index in [-0.39, 0.29) is 0 Å². The van der Waals surface area contributed by atoms with Crippen molar-refractivity contribution in [2.75, 3.05) is 0 Å². The second-order valence-corrected chi connectivity index (χ2v) is 7.72. The summed E-state index contributed by atoms with van der Waals surface area (Å²) in [4.78, 5) is 8.35. The first kappa shape index (κ1) is 21.0. The summed E-state index contributed by atoms with van der Waals surface area (Å²) in [5.41, 5.74) is 8.27. The maximum atomic E-state index is 4.18. The first-order valence-electron chi connectivity index (χ1n) is 11.0. The van der Waals surface area contributed by atoms with E-state index in [9.17, 15) is 0 Å². The number of rotatable bonds is 2. The Balaban J connectivity index is 1.29. The van der Waals surface area contributed by atoms with E-state index in [2.05, 4.69) is 70.0 Å². The molecule has 0 aliphatic rings. The Bertz CT molecular complexity index is 1400.